The first-order valence-electron chi connectivity index (χ1n) is 6.66. The zero-order valence-electron chi connectivity index (χ0n) is 12.4. The van der Waals surface area contributed by atoms with Gasteiger partial charge in [0.05, 0.1) is 10.7 Å². The molecule has 1 rings (SSSR count). The van der Waals surface area contributed by atoms with E-state index in [1.807, 2.05) is 13.8 Å². The van der Waals surface area contributed by atoms with Crippen molar-refractivity contribution in [2.75, 3.05) is 12.3 Å². The molecule has 0 aromatic heterocycles. The number of rotatable bonds is 8. The van der Waals surface area contributed by atoms with Crippen molar-refractivity contribution in [1.29, 1.82) is 0 Å². The minimum Gasteiger partial charge on any atom is -0.313 e. The van der Waals surface area contributed by atoms with E-state index >= 15 is 0 Å². The maximum Gasteiger partial charge on any atom is 0.272 e. The summed E-state index contributed by atoms with van der Waals surface area (Å²) in [6, 6.07) is 4.85. The van der Waals surface area contributed by atoms with E-state index in [2.05, 4.69) is 10.0 Å². The van der Waals surface area contributed by atoms with Crippen molar-refractivity contribution in [2.24, 2.45) is 0 Å². The molecule has 1 aromatic carbocycles. The summed E-state index contributed by atoms with van der Waals surface area (Å²) >= 11 is 0. The Morgan fingerprint density at radius 3 is 2.57 bits per heavy atom. The van der Waals surface area contributed by atoms with Gasteiger partial charge in [-0.1, -0.05) is 26.0 Å². The highest BCUT2D eigenvalue weighted by Crippen LogP contribution is 2.20. The SMILES string of the molecule is Cc1c(CNS(=O)(=O)CCNC(C)C)cccc1[N+](=O)[O-]. The molecule has 21 heavy (non-hydrogen) atoms. The number of hydrogen-bond donors (Lipinski definition) is 2. The Morgan fingerprint density at radius 2 is 2.00 bits per heavy atom. The first kappa shape index (κ1) is 17.5. The number of sulfonamides is 1. The predicted molar refractivity (Wildman–Crippen MR) is 81.6 cm³/mol. The van der Waals surface area contributed by atoms with Crippen LogP contribution in [0.4, 0.5) is 5.69 Å². The van der Waals surface area contributed by atoms with Crippen LogP contribution in [-0.4, -0.2) is 31.7 Å². The second-order valence-corrected chi connectivity index (χ2v) is 6.99. The lowest BCUT2D eigenvalue weighted by Gasteiger charge is -2.11. The second-order valence-electron chi connectivity index (χ2n) is 5.07. The van der Waals surface area contributed by atoms with Crippen LogP contribution in [0.3, 0.4) is 0 Å². The van der Waals surface area contributed by atoms with Crippen LogP contribution in [0, 0.1) is 17.0 Å². The van der Waals surface area contributed by atoms with Gasteiger partial charge in [0.25, 0.3) is 5.69 Å². The summed E-state index contributed by atoms with van der Waals surface area (Å²) in [5.41, 5.74) is 1.07. The topological polar surface area (TPSA) is 101 Å². The van der Waals surface area contributed by atoms with Gasteiger partial charge in [-0.3, -0.25) is 10.1 Å². The van der Waals surface area contributed by atoms with Crippen molar-refractivity contribution < 1.29 is 13.3 Å². The molecule has 0 aliphatic heterocycles. The van der Waals surface area contributed by atoms with Gasteiger partial charge in [0.1, 0.15) is 0 Å². The molecule has 2 N–H and O–H groups in total. The molecule has 0 heterocycles. The number of nitro benzene ring substituents is 1. The third-order valence-corrected chi connectivity index (χ3v) is 4.35. The fourth-order valence-corrected chi connectivity index (χ4v) is 2.71. The molecule has 0 aliphatic carbocycles. The normalized spacial score (nSPS) is 11.8. The molecule has 0 radical (unpaired) electrons. The lowest BCUT2D eigenvalue weighted by Crippen LogP contribution is -2.34. The Labute approximate surface area is 124 Å². The highest BCUT2D eigenvalue weighted by Gasteiger charge is 2.15. The van der Waals surface area contributed by atoms with Crippen molar-refractivity contribution in [1.82, 2.24) is 10.0 Å². The average molecular weight is 315 g/mol. The molecule has 0 atom stereocenters. The molecule has 118 valence electrons. The van der Waals surface area contributed by atoms with Crippen LogP contribution >= 0.6 is 0 Å². The molecule has 1 aromatic rings. The number of nitrogens with zero attached hydrogens (tertiary/aromatic N) is 1. The lowest BCUT2D eigenvalue weighted by molar-refractivity contribution is -0.385. The summed E-state index contributed by atoms with van der Waals surface area (Å²) in [5, 5.41) is 13.9. The van der Waals surface area contributed by atoms with Gasteiger partial charge in [-0.05, 0) is 12.5 Å². The van der Waals surface area contributed by atoms with E-state index in [9.17, 15) is 18.5 Å². The van der Waals surface area contributed by atoms with Crippen LogP contribution in [0.25, 0.3) is 0 Å². The summed E-state index contributed by atoms with van der Waals surface area (Å²) in [5.74, 6) is -0.0286. The van der Waals surface area contributed by atoms with Crippen LogP contribution in [0.1, 0.15) is 25.0 Å². The maximum absolute atomic E-state index is 11.8. The summed E-state index contributed by atoms with van der Waals surface area (Å²) in [6.07, 6.45) is 0. The van der Waals surface area contributed by atoms with Crippen LogP contribution < -0.4 is 10.0 Å². The monoisotopic (exact) mass is 315 g/mol. The Hall–Kier alpha value is -1.51. The van der Waals surface area contributed by atoms with E-state index in [-0.39, 0.29) is 24.0 Å². The fraction of sp³-hybridized carbons (Fsp3) is 0.538. The molecular formula is C13H21N3O4S. The zero-order chi connectivity index (χ0) is 16.0. The van der Waals surface area contributed by atoms with Gasteiger partial charge in [-0.15, -0.1) is 0 Å². The van der Waals surface area contributed by atoms with Crippen LogP contribution in [0.5, 0.6) is 0 Å². The van der Waals surface area contributed by atoms with E-state index in [4.69, 9.17) is 0 Å². The van der Waals surface area contributed by atoms with Gasteiger partial charge in [0.15, 0.2) is 0 Å². The quantitative estimate of drug-likeness (QED) is 0.556. The van der Waals surface area contributed by atoms with E-state index in [0.29, 0.717) is 17.7 Å². The number of hydrogen-bond acceptors (Lipinski definition) is 5. The van der Waals surface area contributed by atoms with Gasteiger partial charge in [-0.25, -0.2) is 13.1 Å². The van der Waals surface area contributed by atoms with Crippen molar-refractivity contribution in [3.63, 3.8) is 0 Å². The van der Waals surface area contributed by atoms with Crippen molar-refractivity contribution in [2.45, 2.75) is 33.4 Å². The molecule has 0 spiro atoms. The zero-order valence-corrected chi connectivity index (χ0v) is 13.2. The maximum atomic E-state index is 11.8. The van der Waals surface area contributed by atoms with Gasteiger partial charge in [0, 0.05) is 30.8 Å². The average Bonchev–Trinajstić information content (AvgIpc) is 2.36. The van der Waals surface area contributed by atoms with Crippen LogP contribution in [-0.2, 0) is 16.6 Å². The lowest BCUT2D eigenvalue weighted by atomic mass is 10.1. The molecule has 7 nitrogen and oxygen atoms in total. The first-order chi connectivity index (χ1) is 9.73. The van der Waals surface area contributed by atoms with Gasteiger partial charge in [-0.2, -0.15) is 0 Å². The van der Waals surface area contributed by atoms with Gasteiger partial charge >= 0.3 is 0 Å². The Balaban J connectivity index is 2.67. The minimum absolute atomic E-state index is 0.00632. The Kier molecular flexibility index (Phi) is 6.25. The molecule has 8 heteroatoms. The highest BCUT2D eigenvalue weighted by molar-refractivity contribution is 7.89. The van der Waals surface area contributed by atoms with Gasteiger partial charge in [0.2, 0.25) is 10.0 Å². The predicted octanol–water partition coefficient (Wildman–Crippen LogP) is 1.32. The van der Waals surface area contributed by atoms with Crippen LogP contribution in [0.2, 0.25) is 0 Å². The third kappa shape index (κ3) is 5.78. The van der Waals surface area contributed by atoms with Crippen LogP contribution in [0.15, 0.2) is 18.2 Å². The Bertz CT molecular complexity index is 599. The summed E-state index contributed by atoms with van der Waals surface area (Å²) < 4.78 is 26.1. The molecule has 0 unspecified atom stereocenters. The molecule has 0 fully saturated rings. The molecule has 0 aliphatic rings. The third-order valence-electron chi connectivity index (χ3n) is 3.02. The number of benzene rings is 1. The summed E-state index contributed by atoms with van der Waals surface area (Å²) in [4.78, 5) is 10.4. The van der Waals surface area contributed by atoms with Crippen molar-refractivity contribution >= 4 is 15.7 Å². The van der Waals surface area contributed by atoms with Gasteiger partial charge < -0.3 is 5.32 Å². The van der Waals surface area contributed by atoms with E-state index < -0.39 is 14.9 Å². The largest absolute Gasteiger partial charge is 0.313 e. The summed E-state index contributed by atoms with van der Waals surface area (Å²) in [6.45, 7) is 5.90. The van der Waals surface area contributed by atoms with Crippen molar-refractivity contribution in [3.05, 3.63) is 39.4 Å². The van der Waals surface area contributed by atoms with Crippen molar-refractivity contribution in [3.8, 4) is 0 Å². The molecule has 0 amide bonds. The smallest absolute Gasteiger partial charge is 0.272 e. The molecule has 0 bridgehead atoms. The minimum atomic E-state index is -3.41. The highest BCUT2D eigenvalue weighted by atomic mass is 32.2. The molecular weight excluding hydrogens is 294 g/mol. The number of nitrogens with one attached hydrogen (secondary N) is 2. The first-order valence-corrected chi connectivity index (χ1v) is 8.32. The summed E-state index contributed by atoms with van der Waals surface area (Å²) in [7, 11) is -3.41. The molecule has 0 saturated carbocycles. The fourth-order valence-electron chi connectivity index (χ4n) is 1.80. The van der Waals surface area contributed by atoms with E-state index in [1.54, 1.807) is 19.1 Å². The second kappa shape index (κ2) is 7.48. The molecule has 0 saturated heterocycles. The van der Waals surface area contributed by atoms with E-state index in [1.165, 1.54) is 6.07 Å². The standard InChI is InChI=1S/C13H21N3O4S/c1-10(2)14-7-8-21(19,20)15-9-12-5-4-6-13(11(12)3)16(17)18/h4-6,10,14-15H,7-9H2,1-3H3. The Morgan fingerprint density at radius 1 is 1.33 bits per heavy atom. The van der Waals surface area contributed by atoms with E-state index in [0.717, 1.165) is 0 Å². The number of nitro groups is 1.